The molecule has 240 valence electrons. The van der Waals surface area contributed by atoms with Crippen molar-refractivity contribution in [2.45, 2.75) is 114 Å². The van der Waals surface area contributed by atoms with Crippen LogP contribution in [0.5, 0.6) is 0 Å². The number of rotatable bonds is 6. The number of carbonyl (C=O) groups is 2. The topological polar surface area (TPSA) is 196 Å². The number of nitrogens with two attached hydrogens (primary N) is 2. The van der Waals surface area contributed by atoms with Crippen LogP contribution in [0.15, 0.2) is 23.5 Å². The van der Waals surface area contributed by atoms with Crippen molar-refractivity contribution in [3.05, 3.63) is 23.5 Å². The Balaban J connectivity index is 1.26. The lowest BCUT2D eigenvalue weighted by Gasteiger charge is -2.53. The van der Waals surface area contributed by atoms with Gasteiger partial charge in [0, 0.05) is 18.8 Å². The van der Waals surface area contributed by atoms with Crippen LogP contribution >= 0.6 is 0 Å². The first kappa shape index (κ1) is 31.3. The summed E-state index contributed by atoms with van der Waals surface area (Å²) >= 11 is 0. The zero-order valence-electron chi connectivity index (χ0n) is 25.0. The van der Waals surface area contributed by atoms with E-state index in [1.54, 1.807) is 13.0 Å². The van der Waals surface area contributed by atoms with Crippen molar-refractivity contribution in [1.29, 1.82) is 0 Å². The number of Topliss-reactive ketones (excluding diaryl/α,β-unsaturated/α-hetero) is 2. The maximum Gasteiger partial charge on any atom is 0.187 e. The largest absolute Gasteiger partial charge is 0.512 e. The predicted molar refractivity (Wildman–Crippen MR) is 153 cm³/mol. The molecule has 11 heteroatoms. The molecule has 0 aromatic heterocycles. The molecule has 4 aliphatic carbocycles. The summed E-state index contributed by atoms with van der Waals surface area (Å²) in [6.07, 6.45) is 3.59. The van der Waals surface area contributed by atoms with Gasteiger partial charge < -0.3 is 40.3 Å². The fourth-order valence-electron chi connectivity index (χ4n) is 9.64. The summed E-state index contributed by atoms with van der Waals surface area (Å²) in [4.78, 5) is 27.4. The van der Waals surface area contributed by atoms with Crippen LogP contribution < -0.4 is 11.1 Å². The van der Waals surface area contributed by atoms with Gasteiger partial charge in [0.15, 0.2) is 12.1 Å². The molecule has 2 aliphatic heterocycles. The number of fused-ring (bicyclic) bond motifs is 2. The lowest BCUT2D eigenvalue weighted by molar-refractivity contribution is -0.700. The van der Waals surface area contributed by atoms with Crippen LogP contribution in [0.1, 0.15) is 71.1 Å². The summed E-state index contributed by atoms with van der Waals surface area (Å²) in [5.74, 6) is -3.38. The van der Waals surface area contributed by atoms with Crippen molar-refractivity contribution in [2.75, 3.05) is 13.2 Å². The van der Waals surface area contributed by atoms with E-state index in [1.807, 2.05) is 0 Å². The highest BCUT2D eigenvalue weighted by Gasteiger charge is 2.61. The van der Waals surface area contributed by atoms with Crippen molar-refractivity contribution in [3.63, 3.8) is 0 Å². The number of carbonyl (C=O) groups excluding carboxylic acids is 2. The van der Waals surface area contributed by atoms with Crippen molar-refractivity contribution in [2.24, 2.45) is 40.7 Å². The molecule has 2 heterocycles. The first-order valence-electron chi connectivity index (χ1n) is 16.2. The number of allylic oxidation sites excluding steroid dienone is 4. The van der Waals surface area contributed by atoms with Crippen LogP contribution in [0.2, 0.25) is 0 Å². The zero-order chi connectivity index (χ0) is 30.7. The Hall–Kier alpha value is -1.70. The number of hydrogen-bond acceptors (Lipinski definition) is 10. The van der Waals surface area contributed by atoms with Crippen molar-refractivity contribution < 1.29 is 49.9 Å². The summed E-state index contributed by atoms with van der Waals surface area (Å²) in [5, 5.41) is 58.2. The lowest BCUT2D eigenvalue weighted by Crippen LogP contribution is -2.95. The van der Waals surface area contributed by atoms with Gasteiger partial charge >= 0.3 is 0 Å². The Morgan fingerprint density at radius 2 is 1.84 bits per heavy atom. The average Bonchev–Trinajstić information content (AvgIpc) is 3.45. The summed E-state index contributed by atoms with van der Waals surface area (Å²) in [6.45, 7) is 2.06. The van der Waals surface area contributed by atoms with Gasteiger partial charge in [-0.15, -0.1) is 0 Å². The fourth-order valence-corrected chi connectivity index (χ4v) is 9.64. The molecular weight excluding hydrogens is 556 g/mol. The number of ketones is 2. The minimum absolute atomic E-state index is 0.0379. The predicted octanol–water partition coefficient (Wildman–Crippen LogP) is -0.0473. The normalized spacial score (nSPS) is 46.5. The van der Waals surface area contributed by atoms with Gasteiger partial charge in [-0.05, 0) is 56.4 Å². The van der Waals surface area contributed by atoms with Crippen LogP contribution in [0.4, 0.5) is 0 Å². The van der Waals surface area contributed by atoms with Crippen molar-refractivity contribution in [3.8, 4) is 0 Å². The van der Waals surface area contributed by atoms with E-state index in [2.05, 4.69) is 5.32 Å². The number of quaternary nitrogens is 1. The van der Waals surface area contributed by atoms with Crippen LogP contribution in [-0.4, -0.2) is 92.7 Å². The van der Waals surface area contributed by atoms with Gasteiger partial charge in [-0.25, -0.2) is 0 Å². The molecule has 0 aromatic rings. The van der Waals surface area contributed by atoms with Gasteiger partial charge in [0.25, 0.3) is 0 Å². The van der Waals surface area contributed by atoms with E-state index in [4.69, 9.17) is 15.2 Å². The molecule has 12 unspecified atom stereocenters. The lowest BCUT2D eigenvalue weighted by atomic mass is 9.59. The Kier molecular flexibility index (Phi) is 8.66. The Bertz CT molecular complexity index is 1150. The van der Waals surface area contributed by atoms with Crippen LogP contribution in [-0.2, 0) is 19.1 Å². The molecule has 6 rings (SSSR count). The monoisotopic (exact) mass is 605 g/mol. The molecule has 0 radical (unpaired) electrons. The summed E-state index contributed by atoms with van der Waals surface area (Å²) in [5.41, 5.74) is 4.67. The van der Waals surface area contributed by atoms with E-state index >= 15 is 0 Å². The minimum Gasteiger partial charge on any atom is -0.512 e. The highest BCUT2D eigenvalue weighted by atomic mass is 16.7. The molecule has 12 atom stereocenters. The molecule has 11 nitrogen and oxygen atoms in total. The molecule has 43 heavy (non-hydrogen) atoms. The third-order valence-corrected chi connectivity index (χ3v) is 11.7. The maximum absolute atomic E-state index is 13.9. The summed E-state index contributed by atoms with van der Waals surface area (Å²) in [7, 11) is 0. The number of piperidine rings is 1. The third-order valence-electron chi connectivity index (χ3n) is 11.7. The standard InChI is InChI=1S/C32H48N2O9/c1-16-11-19-24(20(36)12-16)27(38)25-18(26(19)37)5-4-6-21(25)42-30-29(40)32(41,28(39)22(14-35)43-30)15-31(8-2-3-9-31)17-7-10-34-23(33)13-17/h11-12,17-19,21-25,28-30,34-36,39-41H,2-10,13-15,33H2,1H3/p+1. The second-order valence-electron chi connectivity index (χ2n) is 14.3. The molecule has 2 saturated heterocycles. The van der Waals surface area contributed by atoms with Gasteiger partial charge in [0.1, 0.15) is 41.6 Å². The van der Waals surface area contributed by atoms with Crippen LogP contribution in [0.3, 0.4) is 0 Å². The van der Waals surface area contributed by atoms with Gasteiger partial charge in [-0.2, -0.15) is 0 Å². The quantitative estimate of drug-likeness (QED) is 0.216. The molecular formula is C32H49N2O9+. The average molecular weight is 606 g/mol. The van der Waals surface area contributed by atoms with E-state index < -0.39 is 66.6 Å². The number of aliphatic hydroxyl groups excluding tert-OH is 4. The van der Waals surface area contributed by atoms with E-state index in [-0.39, 0.29) is 41.2 Å². The first-order chi connectivity index (χ1) is 20.5. The molecule has 5 fully saturated rings. The van der Waals surface area contributed by atoms with E-state index in [9.17, 15) is 35.1 Å². The smallest absolute Gasteiger partial charge is 0.187 e. The first-order valence-corrected chi connectivity index (χ1v) is 16.2. The van der Waals surface area contributed by atoms with Gasteiger partial charge in [0.05, 0.1) is 37.0 Å². The third kappa shape index (κ3) is 5.33. The fraction of sp³-hybridized carbons (Fsp3) is 0.812. The minimum atomic E-state index is -2.04. The van der Waals surface area contributed by atoms with Crippen LogP contribution in [0.25, 0.3) is 0 Å². The molecule has 0 bridgehead atoms. The van der Waals surface area contributed by atoms with E-state index in [1.165, 1.54) is 6.08 Å². The van der Waals surface area contributed by atoms with Crippen molar-refractivity contribution >= 4 is 11.6 Å². The van der Waals surface area contributed by atoms with Gasteiger partial charge in [-0.1, -0.05) is 30.9 Å². The Morgan fingerprint density at radius 1 is 1.09 bits per heavy atom. The second-order valence-corrected chi connectivity index (χ2v) is 14.3. The second kappa shape index (κ2) is 11.9. The zero-order valence-corrected chi connectivity index (χ0v) is 25.0. The molecule has 3 saturated carbocycles. The molecule has 0 spiro atoms. The summed E-state index contributed by atoms with van der Waals surface area (Å²) < 4.78 is 12.2. The molecule has 0 aromatic carbocycles. The van der Waals surface area contributed by atoms with Gasteiger partial charge in [0.2, 0.25) is 0 Å². The number of hydrogen-bond donors (Lipinski definition) is 7. The molecule has 9 N–H and O–H groups in total. The van der Waals surface area contributed by atoms with Crippen molar-refractivity contribution in [1.82, 2.24) is 0 Å². The van der Waals surface area contributed by atoms with Gasteiger partial charge in [-0.3, -0.25) is 15.3 Å². The Morgan fingerprint density at radius 3 is 2.53 bits per heavy atom. The SMILES string of the molecule is CC1=CC2C(=O)C3CCCC(OC4OC(CO)C(O)C(O)(CC5(C6CC[NH2+]C(N)C6)CCCC5)C4O)C3C(=O)C2C(O)=C1. The summed E-state index contributed by atoms with van der Waals surface area (Å²) in [6, 6.07) is 0. The highest BCUT2D eigenvalue weighted by Crippen LogP contribution is 2.55. The van der Waals surface area contributed by atoms with E-state index in [0.717, 1.165) is 50.6 Å². The molecule has 0 amide bonds. The maximum atomic E-state index is 13.9. The molecule has 6 aliphatic rings. The van der Waals surface area contributed by atoms with E-state index in [0.29, 0.717) is 19.3 Å². The highest BCUT2D eigenvalue weighted by molar-refractivity contribution is 6.02. The van der Waals surface area contributed by atoms with Crippen LogP contribution in [0, 0.1) is 35.0 Å². The number of aliphatic hydroxyl groups is 5. The number of ether oxygens (including phenoxy) is 2. The Labute approximate surface area is 252 Å².